The van der Waals surface area contributed by atoms with E-state index in [1.807, 2.05) is 31.2 Å². The highest BCUT2D eigenvalue weighted by Gasteiger charge is 2.34. The van der Waals surface area contributed by atoms with E-state index in [4.69, 9.17) is 0 Å². The molecular weight excluding hydrogens is 512 g/mol. The van der Waals surface area contributed by atoms with Gasteiger partial charge in [0.1, 0.15) is 5.82 Å². The summed E-state index contributed by atoms with van der Waals surface area (Å²) < 4.78 is 29.3. The van der Waals surface area contributed by atoms with E-state index in [0.717, 1.165) is 25.3 Å². The summed E-state index contributed by atoms with van der Waals surface area (Å²) in [5.41, 5.74) is 2.82. The summed E-state index contributed by atoms with van der Waals surface area (Å²) in [7, 11) is -3.69. The van der Waals surface area contributed by atoms with Gasteiger partial charge in [0, 0.05) is 36.7 Å². The van der Waals surface area contributed by atoms with Crippen LogP contribution in [-0.2, 0) is 10.0 Å². The smallest absolute Gasteiger partial charge is 0.243 e. The van der Waals surface area contributed by atoms with Crippen LogP contribution in [0.4, 0.5) is 23.1 Å². The number of likely N-dealkylation sites (tertiary alicyclic amines) is 1. The van der Waals surface area contributed by atoms with Gasteiger partial charge in [-0.05, 0) is 101 Å². The van der Waals surface area contributed by atoms with Gasteiger partial charge in [0.2, 0.25) is 16.0 Å². The number of sulfonamides is 1. The molecule has 2 heterocycles. The number of nitrogens with zero attached hydrogens (tertiary/aromatic N) is 4. The number of aryl methyl sites for hydroxylation is 1. The molecule has 3 aromatic rings. The lowest BCUT2D eigenvalue weighted by atomic mass is 9.93. The van der Waals surface area contributed by atoms with E-state index < -0.39 is 10.0 Å². The Morgan fingerprint density at radius 3 is 2.26 bits per heavy atom. The molecular formula is C29H38N6O3S. The monoisotopic (exact) mass is 550 g/mol. The largest absolute Gasteiger partial charge is 0.393 e. The summed E-state index contributed by atoms with van der Waals surface area (Å²) in [6, 6.07) is 16.5. The minimum absolute atomic E-state index is 0.0871. The van der Waals surface area contributed by atoms with Crippen molar-refractivity contribution in [2.45, 2.75) is 62.5 Å². The normalized spacial score (nSPS) is 20.3. The maximum absolute atomic E-state index is 13.8. The first kappa shape index (κ1) is 27.5. The first-order valence-corrected chi connectivity index (χ1v) is 15.3. The molecule has 0 atom stereocenters. The zero-order valence-electron chi connectivity index (χ0n) is 22.5. The Morgan fingerprint density at radius 2 is 1.56 bits per heavy atom. The van der Waals surface area contributed by atoms with Crippen LogP contribution in [0.15, 0.2) is 65.7 Å². The third-order valence-corrected chi connectivity index (χ3v) is 9.57. The Kier molecular flexibility index (Phi) is 8.76. The summed E-state index contributed by atoms with van der Waals surface area (Å²) in [6.07, 6.45) is 6.33. The number of aromatic nitrogens is 2. The van der Waals surface area contributed by atoms with Crippen LogP contribution in [-0.4, -0.2) is 71.0 Å². The molecule has 3 N–H and O–H groups in total. The highest BCUT2D eigenvalue weighted by Crippen LogP contribution is 2.29. The molecule has 0 unspecified atom stereocenters. The molecule has 2 fully saturated rings. The molecule has 5 rings (SSSR count). The summed E-state index contributed by atoms with van der Waals surface area (Å²) in [5, 5.41) is 16.4. The second-order valence-corrected chi connectivity index (χ2v) is 12.4. The van der Waals surface area contributed by atoms with E-state index in [-0.39, 0.29) is 17.0 Å². The van der Waals surface area contributed by atoms with Crippen molar-refractivity contribution >= 4 is 33.2 Å². The van der Waals surface area contributed by atoms with E-state index in [1.165, 1.54) is 18.4 Å². The number of anilines is 4. The standard InChI is InChI=1S/C29H38N6O3S/c1-22-4-6-23(7-5-22)31-28-16-17-30-29(33-28)32-24-8-14-27(15-9-24)39(37,38)35(21-20-34-18-2-3-19-34)25-10-12-26(36)13-11-25/h4-9,14-17,25-26,36H,2-3,10-13,18-21H2,1H3,(H2,30,31,32,33). The van der Waals surface area contributed by atoms with Gasteiger partial charge in [0.15, 0.2) is 0 Å². The Balaban J connectivity index is 1.28. The van der Waals surface area contributed by atoms with E-state index in [2.05, 4.69) is 25.5 Å². The Labute approximate surface area is 231 Å². The predicted octanol–water partition coefficient (Wildman–Crippen LogP) is 4.66. The van der Waals surface area contributed by atoms with Crippen molar-refractivity contribution in [2.24, 2.45) is 0 Å². The van der Waals surface area contributed by atoms with Crippen molar-refractivity contribution in [3.05, 3.63) is 66.4 Å². The molecule has 0 radical (unpaired) electrons. The predicted molar refractivity (Wildman–Crippen MR) is 154 cm³/mol. The topological polar surface area (TPSA) is 111 Å². The Morgan fingerprint density at radius 1 is 0.923 bits per heavy atom. The lowest BCUT2D eigenvalue weighted by Crippen LogP contribution is -2.46. The third kappa shape index (κ3) is 7.13. The van der Waals surface area contributed by atoms with Gasteiger partial charge in [-0.25, -0.2) is 13.4 Å². The molecule has 10 heteroatoms. The molecule has 9 nitrogen and oxygen atoms in total. The van der Waals surface area contributed by atoms with Crippen LogP contribution in [0.5, 0.6) is 0 Å². The molecule has 1 saturated heterocycles. The minimum atomic E-state index is -3.69. The average molecular weight is 551 g/mol. The van der Waals surface area contributed by atoms with Crippen molar-refractivity contribution in [1.29, 1.82) is 0 Å². The number of hydrogen-bond acceptors (Lipinski definition) is 8. The first-order chi connectivity index (χ1) is 18.9. The van der Waals surface area contributed by atoms with Crippen LogP contribution in [0.2, 0.25) is 0 Å². The van der Waals surface area contributed by atoms with Gasteiger partial charge in [0.25, 0.3) is 0 Å². The van der Waals surface area contributed by atoms with Gasteiger partial charge in [-0.1, -0.05) is 17.7 Å². The molecule has 208 valence electrons. The number of nitrogens with one attached hydrogen (secondary N) is 2. The minimum Gasteiger partial charge on any atom is -0.393 e. The molecule has 39 heavy (non-hydrogen) atoms. The fraction of sp³-hybridized carbons (Fsp3) is 0.448. The van der Waals surface area contributed by atoms with Crippen LogP contribution < -0.4 is 10.6 Å². The van der Waals surface area contributed by atoms with E-state index in [9.17, 15) is 13.5 Å². The lowest BCUT2D eigenvalue weighted by Gasteiger charge is -2.35. The van der Waals surface area contributed by atoms with Gasteiger partial charge in [-0.3, -0.25) is 0 Å². The van der Waals surface area contributed by atoms with Gasteiger partial charge < -0.3 is 20.6 Å². The number of hydrogen-bond donors (Lipinski definition) is 3. The van der Waals surface area contributed by atoms with Crippen LogP contribution in [0.25, 0.3) is 0 Å². The van der Waals surface area contributed by atoms with E-state index in [0.29, 0.717) is 49.7 Å². The van der Waals surface area contributed by atoms with Gasteiger partial charge in [0.05, 0.1) is 11.0 Å². The SMILES string of the molecule is Cc1ccc(Nc2ccnc(Nc3ccc(S(=O)(=O)N(CCN4CCCC4)C4CCC(O)CC4)cc3)n2)cc1. The average Bonchev–Trinajstić information content (AvgIpc) is 3.45. The fourth-order valence-corrected chi connectivity index (χ4v) is 7.02. The van der Waals surface area contributed by atoms with Gasteiger partial charge >= 0.3 is 0 Å². The first-order valence-electron chi connectivity index (χ1n) is 13.8. The van der Waals surface area contributed by atoms with Crippen LogP contribution in [0, 0.1) is 6.92 Å². The summed E-state index contributed by atoms with van der Waals surface area (Å²) in [6.45, 7) is 5.31. The molecule has 1 aliphatic heterocycles. The molecule has 2 aliphatic rings. The van der Waals surface area contributed by atoms with Crippen molar-refractivity contribution in [3.63, 3.8) is 0 Å². The number of benzene rings is 2. The van der Waals surface area contributed by atoms with E-state index >= 15 is 0 Å². The summed E-state index contributed by atoms with van der Waals surface area (Å²) in [4.78, 5) is 11.5. The lowest BCUT2D eigenvalue weighted by molar-refractivity contribution is 0.0974. The maximum atomic E-state index is 13.8. The highest BCUT2D eigenvalue weighted by atomic mass is 32.2. The van der Waals surface area contributed by atoms with Crippen LogP contribution in [0.3, 0.4) is 0 Å². The molecule has 1 saturated carbocycles. The maximum Gasteiger partial charge on any atom is 0.243 e. The van der Waals surface area contributed by atoms with Crippen molar-refractivity contribution in [1.82, 2.24) is 19.2 Å². The van der Waals surface area contributed by atoms with E-state index in [1.54, 1.807) is 40.8 Å². The van der Waals surface area contributed by atoms with Gasteiger partial charge in [-0.15, -0.1) is 0 Å². The highest BCUT2D eigenvalue weighted by molar-refractivity contribution is 7.89. The molecule has 0 bridgehead atoms. The number of aliphatic hydroxyl groups is 1. The Hall–Kier alpha value is -3.05. The third-order valence-electron chi connectivity index (χ3n) is 7.61. The van der Waals surface area contributed by atoms with Crippen LogP contribution in [0.1, 0.15) is 44.1 Å². The second kappa shape index (κ2) is 12.4. The van der Waals surface area contributed by atoms with Gasteiger partial charge in [-0.2, -0.15) is 9.29 Å². The zero-order valence-corrected chi connectivity index (χ0v) is 23.3. The molecule has 0 spiro atoms. The summed E-state index contributed by atoms with van der Waals surface area (Å²) in [5.74, 6) is 1.07. The fourth-order valence-electron chi connectivity index (χ4n) is 5.34. The molecule has 2 aromatic carbocycles. The quantitative estimate of drug-likeness (QED) is 0.334. The van der Waals surface area contributed by atoms with Crippen molar-refractivity contribution < 1.29 is 13.5 Å². The Bertz CT molecular complexity index is 1320. The second-order valence-electron chi connectivity index (χ2n) is 10.5. The zero-order chi connectivity index (χ0) is 27.2. The van der Waals surface area contributed by atoms with Crippen LogP contribution >= 0.6 is 0 Å². The summed E-state index contributed by atoms with van der Waals surface area (Å²) >= 11 is 0. The van der Waals surface area contributed by atoms with Crippen molar-refractivity contribution in [2.75, 3.05) is 36.8 Å². The number of aliphatic hydroxyl groups excluding tert-OH is 1. The molecule has 1 aromatic heterocycles. The molecule has 1 aliphatic carbocycles. The molecule has 0 amide bonds. The number of rotatable bonds is 10. The van der Waals surface area contributed by atoms with Crippen molar-refractivity contribution in [3.8, 4) is 0 Å².